The number of ether oxygens (including phenoxy) is 1. The van der Waals surface area contributed by atoms with Crippen molar-refractivity contribution >= 4 is 15.9 Å². The van der Waals surface area contributed by atoms with Crippen LogP contribution in [0.15, 0.2) is 24.3 Å². The topological polar surface area (TPSA) is 72.5 Å². The van der Waals surface area contributed by atoms with Crippen molar-refractivity contribution in [1.29, 1.82) is 0 Å². The van der Waals surface area contributed by atoms with E-state index in [1.54, 1.807) is 0 Å². The summed E-state index contributed by atoms with van der Waals surface area (Å²) in [5.41, 5.74) is 1.81. The predicted octanol–water partition coefficient (Wildman–Crippen LogP) is 2.08. The number of sulfonamides is 1. The van der Waals surface area contributed by atoms with Crippen molar-refractivity contribution in [3.05, 3.63) is 35.4 Å². The first-order valence-corrected chi connectivity index (χ1v) is 9.37. The summed E-state index contributed by atoms with van der Waals surface area (Å²) in [6.07, 6.45) is 4.05. The molecule has 0 aromatic heterocycles. The van der Waals surface area contributed by atoms with Crippen molar-refractivity contribution in [3.8, 4) is 0 Å². The van der Waals surface area contributed by atoms with Gasteiger partial charge in [0, 0.05) is 0 Å². The largest absolute Gasteiger partial charge is 0.363 e. The Labute approximate surface area is 131 Å². The maximum Gasteiger partial charge on any atom is 0.267 e. The molecule has 6 heteroatoms. The van der Waals surface area contributed by atoms with E-state index in [2.05, 4.69) is 4.72 Å². The van der Waals surface area contributed by atoms with Gasteiger partial charge in [0.05, 0.1) is 11.9 Å². The fourth-order valence-corrected chi connectivity index (χ4v) is 4.77. The molecule has 1 aliphatic carbocycles. The van der Waals surface area contributed by atoms with Crippen molar-refractivity contribution in [2.75, 3.05) is 6.61 Å². The third kappa shape index (κ3) is 3.17. The van der Waals surface area contributed by atoms with Crippen LogP contribution in [0.5, 0.6) is 0 Å². The standard InChI is InChI=1S/C16H21NO4S/c18-16(17-22(19,20)13-7-2-1-3-8-13)15-14-9-5-4-6-12(14)10-11-21-15/h4-6,9,13,15H,1-3,7-8,10-11H2,(H,17,18). The zero-order chi connectivity index (χ0) is 15.6. The second-order valence-corrected chi connectivity index (χ2v) is 7.93. The number of amides is 1. The van der Waals surface area contributed by atoms with Gasteiger partial charge in [-0.05, 0) is 30.4 Å². The molecular formula is C16H21NO4S. The maximum absolute atomic E-state index is 12.4. The molecule has 2 aliphatic rings. The van der Waals surface area contributed by atoms with Gasteiger partial charge < -0.3 is 4.74 Å². The Kier molecular flexibility index (Phi) is 4.49. The molecule has 1 atom stereocenters. The summed E-state index contributed by atoms with van der Waals surface area (Å²) in [5.74, 6) is -0.572. The van der Waals surface area contributed by atoms with Crippen LogP contribution in [0.4, 0.5) is 0 Å². The third-order valence-corrected chi connectivity index (χ3v) is 6.30. The van der Waals surface area contributed by atoms with E-state index in [1.807, 2.05) is 24.3 Å². The van der Waals surface area contributed by atoms with Crippen LogP contribution in [0.2, 0.25) is 0 Å². The van der Waals surface area contributed by atoms with E-state index in [4.69, 9.17) is 4.74 Å². The van der Waals surface area contributed by atoms with E-state index in [1.165, 1.54) is 0 Å². The number of hydrogen-bond acceptors (Lipinski definition) is 4. The monoisotopic (exact) mass is 323 g/mol. The van der Waals surface area contributed by atoms with Gasteiger partial charge in [-0.1, -0.05) is 43.5 Å². The van der Waals surface area contributed by atoms with E-state index < -0.39 is 27.3 Å². The molecule has 0 saturated heterocycles. The Morgan fingerprint density at radius 2 is 1.86 bits per heavy atom. The van der Waals surface area contributed by atoms with Gasteiger partial charge in [-0.2, -0.15) is 0 Å². The molecule has 120 valence electrons. The molecule has 1 N–H and O–H groups in total. The smallest absolute Gasteiger partial charge is 0.267 e. The summed E-state index contributed by atoms with van der Waals surface area (Å²) < 4.78 is 32.5. The molecule has 1 fully saturated rings. The molecular weight excluding hydrogens is 302 g/mol. The number of fused-ring (bicyclic) bond motifs is 1. The zero-order valence-electron chi connectivity index (χ0n) is 12.5. The van der Waals surface area contributed by atoms with Crippen LogP contribution in [0.3, 0.4) is 0 Å². The molecule has 1 heterocycles. The SMILES string of the molecule is O=C(NS(=O)(=O)C1CCCCC1)C1OCCc2ccccc21. The lowest BCUT2D eigenvalue weighted by atomic mass is 9.97. The van der Waals surface area contributed by atoms with Crippen LogP contribution < -0.4 is 4.72 Å². The van der Waals surface area contributed by atoms with Gasteiger partial charge in [-0.25, -0.2) is 8.42 Å². The second kappa shape index (κ2) is 6.38. The Morgan fingerprint density at radius 1 is 1.14 bits per heavy atom. The number of nitrogens with one attached hydrogen (secondary N) is 1. The van der Waals surface area contributed by atoms with Crippen molar-refractivity contribution < 1.29 is 17.9 Å². The van der Waals surface area contributed by atoms with Crippen LogP contribution >= 0.6 is 0 Å². The Bertz CT molecular complexity index is 650. The first-order chi connectivity index (χ1) is 10.6. The molecule has 0 bridgehead atoms. The zero-order valence-corrected chi connectivity index (χ0v) is 13.3. The lowest BCUT2D eigenvalue weighted by molar-refractivity contribution is -0.132. The quantitative estimate of drug-likeness (QED) is 0.924. The molecule has 1 aliphatic heterocycles. The first kappa shape index (κ1) is 15.5. The molecule has 0 radical (unpaired) electrons. The Hall–Kier alpha value is -1.40. The lowest BCUT2D eigenvalue weighted by Crippen LogP contribution is -2.42. The predicted molar refractivity (Wildman–Crippen MR) is 82.8 cm³/mol. The number of carbonyl (C=O) groups excluding carboxylic acids is 1. The van der Waals surface area contributed by atoms with E-state index >= 15 is 0 Å². The van der Waals surface area contributed by atoms with Crippen molar-refractivity contribution in [3.63, 3.8) is 0 Å². The number of hydrogen-bond donors (Lipinski definition) is 1. The minimum absolute atomic E-state index is 0.429. The van der Waals surface area contributed by atoms with E-state index in [-0.39, 0.29) is 0 Å². The molecule has 3 rings (SSSR count). The van der Waals surface area contributed by atoms with Crippen LogP contribution in [-0.4, -0.2) is 26.2 Å². The molecule has 1 unspecified atom stereocenters. The summed E-state index contributed by atoms with van der Waals surface area (Å²) in [6.45, 7) is 0.429. The van der Waals surface area contributed by atoms with Crippen LogP contribution in [0.1, 0.15) is 49.3 Å². The highest BCUT2D eigenvalue weighted by molar-refractivity contribution is 7.90. The highest BCUT2D eigenvalue weighted by atomic mass is 32.2. The molecule has 0 spiro atoms. The summed E-state index contributed by atoms with van der Waals surface area (Å²) in [6, 6.07) is 7.53. The number of benzene rings is 1. The fourth-order valence-electron chi connectivity index (χ4n) is 3.26. The normalized spacial score (nSPS) is 22.8. The molecule has 5 nitrogen and oxygen atoms in total. The summed E-state index contributed by atoms with van der Waals surface area (Å²) in [4.78, 5) is 12.4. The van der Waals surface area contributed by atoms with Gasteiger partial charge in [0.1, 0.15) is 0 Å². The Balaban J connectivity index is 1.75. The summed E-state index contributed by atoms with van der Waals surface area (Å²) in [7, 11) is -3.61. The average Bonchev–Trinajstić information content (AvgIpc) is 2.54. The maximum atomic E-state index is 12.4. The molecule has 1 saturated carbocycles. The minimum atomic E-state index is -3.61. The molecule has 22 heavy (non-hydrogen) atoms. The summed E-state index contributed by atoms with van der Waals surface area (Å²) >= 11 is 0. The van der Waals surface area contributed by atoms with E-state index in [0.29, 0.717) is 19.4 Å². The Morgan fingerprint density at radius 3 is 2.64 bits per heavy atom. The van der Waals surface area contributed by atoms with Gasteiger partial charge in [0.2, 0.25) is 10.0 Å². The van der Waals surface area contributed by atoms with Crippen LogP contribution in [0.25, 0.3) is 0 Å². The van der Waals surface area contributed by atoms with Crippen molar-refractivity contribution in [2.24, 2.45) is 0 Å². The van der Waals surface area contributed by atoms with Gasteiger partial charge >= 0.3 is 0 Å². The van der Waals surface area contributed by atoms with Gasteiger partial charge in [0.15, 0.2) is 6.10 Å². The van der Waals surface area contributed by atoms with Crippen molar-refractivity contribution in [2.45, 2.75) is 49.9 Å². The second-order valence-electron chi connectivity index (χ2n) is 5.97. The fraction of sp³-hybridized carbons (Fsp3) is 0.562. The first-order valence-electron chi connectivity index (χ1n) is 7.83. The summed E-state index contributed by atoms with van der Waals surface area (Å²) in [5, 5.41) is -0.455. The van der Waals surface area contributed by atoms with Gasteiger partial charge in [-0.15, -0.1) is 0 Å². The van der Waals surface area contributed by atoms with Crippen molar-refractivity contribution in [1.82, 2.24) is 4.72 Å². The van der Waals surface area contributed by atoms with Gasteiger partial charge in [0.25, 0.3) is 5.91 Å². The number of rotatable bonds is 3. The third-order valence-electron chi connectivity index (χ3n) is 4.47. The highest BCUT2D eigenvalue weighted by Crippen LogP contribution is 2.28. The van der Waals surface area contributed by atoms with Gasteiger partial charge in [-0.3, -0.25) is 9.52 Å². The molecule has 1 aromatic carbocycles. The highest BCUT2D eigenvalue weighted by Gasteiger charge is 2.33. The van der Waals surface area contributed by atoms with Crippen LogP contribution in [-0.2, 0) is 26.0 Å². The van der Waals surface area contributed by atoms with E-state index in [9.17, 15) is 13.2 Å². The van der Waals surface area contributed by atoms with E-state index in [0.717, 1.165) is 36.8 Å². The van der Waals surface area contributed by atoms with Crippen LogP contribution in [0, 0.1) is 0 Å². The minimum Gasteiger partial charge on any atom is -0.363 e. The molecule has 1 amide bonds. The average molecular weight is 323 g/mol. The lowest BCUT2D eigenvalue weighted by Gasteiger charge is -2.27. The molecule has 1 aromatic rings. The number of carbonyl (C=O) groups is 1.